The van der Waals surface area contributed by atoms with Crippen LogP contribution in [0.5, 0.6) is 0 Å². The lowest BCUT2D eigenvalue weighted by molar-refractivity contribution is -0.102. The molecule has 4 heterocycles. The maximum Gasteiger partial charge on any atom is 0.149 e. The van der Waals surface area contributed by atoms with Crippen molar-refractivity contribution >= 4 is 21.2 Å². The Morgan fingerprint density at radius 2 is 2.11 bits per heavy atom. The monoisotopic (exact) mass is 423 g/mol. The molecule has 0 aliphatic carbocycles. The molecule has 6 nitrogen and oxygen atoms in total. The van der Waals surface area contributed by atoms with E-state index in [2.05, 4.69) is 29.9 Å². The summed E-state index contributed by atoms with van der Waals surface area (Å²) in [4.78, 5) is 5.28. The molecule has 2 aromatic rings. The van der Waals surface area contributed by atoms with Crippen LogP contribution in [0.1, 0.15) is 46.6 Å². The van der Waals surface area contributed by atoms with Crippen LogP contribution in [0, 0.1) is 6.92 Å². The number of fused-ring (bicyclic) bond motifs is 2. The number of aromatic nitrogens is 2. The smallest absolute Gasteiger partial charge is 0.149 e. The second-order valence-electron chi connectivity index (χ2n) is 8.37. The van der Waals surface area contributed by atoms with Crippen LogP contribution in [0.4, 0.5) is 0 Å². The first kappa shape index (κ1) is 20.1. The molecule has 0 saturated carbocycles. The van der Waals surface area contributed by atoms with Gasteiger partial charge in [0.15, 0.2) is 0 Å². The van der Waals surface area contributed by atoms with Crippen molar-refractivity contribution in [3.8, 4) is 0 Å². The standard InChI is InChI=1S/C20H29N3O3S2/c1-15-14-26-20(19-18(15)10-16(2)27-19)4-6-22(7-5-20)12-17-11-21-23(13-17)8-9-28(3,24)25/h10-11,13,15H,4-9,12,14H2,1-3H3. The highest BCUT2D eigenvalue weighted by molar-refractivity contribution is 7.90. The first-order valence-corrected chi connectivity index (χ1v) is 12.8. The van der Waals surface area contributed by atoms with E-state index in [0.717, 1.165) is 44.6 Å². The third-order valence-corrected chi connectivity index (χ3v) is 8.06. The molecule has 154 valence electrons. The Bertz CT molecular complexity index is 940. The van der Waals surface area contributed by atoms with E-state index in [0.29, 0.717) is 12.5 Å². The molecule has 1 spiro atoms. The Morgan fingerprint density at radius 3 is 2.82 bits per heavy atom. The van der Waals surface area contributed by atoms with Crippen LogP contribution in [-0.4, -0.2) is 54.8 Å². The summed E-state index contributed by atoms with van der Waals surface area (Å²) in [6.45, 7) is 8.53. The van der Waals surface area contributed by atoms with Crippen molar-refractivity contribution in [1.29, 1.82) is 0 Å². The number of thiophene rings is 1. The number of ether oxygens (including phenoxy) is 1. The molecule has 2 aliphatic heterocycles. The highest BCUT2D eigenvalue weighted by Crippen LogP contribution is 2.48. The van der Waals surface area contributed by atoms with Crippen molar-refractivity contribution in [3.63, 3.8) is 0 Å². The third-order valence-electron chi connectivity index (χ3n) is 5.89. The van der Waals surface area contributed by atoms with Crippen LogP contribution < -0.4 is 0 Å². The van der Waals surface area contributed by atoms with E-state index in [1.165, 1.54) is 21.6 Å². The molecule has 0 amide bonds. The Hall–Kier alpha value is -1.22. The van der Waals surface area contributed by atoms with Crippen molar-refractivity contribution in [1.82, 2.24) is 14.7 Å². The molecule has 4 rings (SSSR count). The average Bonchev–Trinajstić information content (AvgIpc) is 3.25. The molecule has 1 fully saturated rings. The minimum absolute atomic E-state index is 0.100. The zero-order valence-corrected chi connectivity index (χ0v) is 18.5. The van der Waals surface area contributed by atoms with Gasteiger partial charge in [-0.3, -0.25) is 9.58 Å². The van der Waals surface area contributed by atoms with E-state index in [1.807, 2.05) is 23.7 Å². The molecule has 0 N–H and O–H groups in total. The zero-order chi connectivity index (χ0) is 19.9. The Balaban J connectivity index is 1.38. The summed E-state index contributed by atoms with van der Waals surface area (Å²) in [7, 11) is -2.97. The molecule has 8 heteroatoms. The molecule has 2 aliphatic rings. The van der Waals surface area contributed by atoms with E-state index >= 15 is 0 Å². The van der Waals surface area contributed by atoms with Gasteiger partial charge in [-0.05, 0) is 31.4 Å². The molecular formula is C20H29N3O3S2. The maximum atomic E-state index is 11.3. The highest BCUT2D eigenvalue weighted by Gasteiger charge is 2.43. The zero-order valence-electron chi connectivity index (χ0n) is 16.8. The van der Waals surface area contributed by atoms with Crippen LogP contribution in [0.25, 0.3) is 0 Å². The predicted molar refractivity (Wildman–Crippen MR) is 112 cm³/mol. The lowest BCUT2D eigenvalue weighted by Gasteiger charge is -2.45. The van der Waals surface area contributed by atoms with Gasteiger partial charge in [-0.25, -0.2) is 8.42 Å². The molecule has 1 unspecified atom stereocenters. The van der Waals surface area contributed by atoms with Gasteiger partial charge in [-0.2, -0.15) is 5.10 Å². The van der Waals surface area contributed by atoms with Crippen molar-refractivity contribution < 1.29 is 13.2 Å². The SMILES string of the molecule is Cc1cc2c(s1)C1(CCN(Cc3cnn(CCS(C)(=O)=O)c3)CC1)OCC2C. The summed E-state index contributed by atoms with van der Waals surface area (Å²) >= 11 is 1.91. The molecule has 1 atom stereocenters. The van der Waals surface area contributed by atoms with Gasteiger partial charge in [0, 0.05) is 53.3 Å². The maximum absolute atomic E-state index is 11.3. The lowest BCUT2D eigenvalue weighted by Crippen LogP contribution is -2.46. The topological polar surface area (TPSA) is 64.4 Å². The fourth-order valence-electron chi connectivity index (χ4n) is 4.27. The van der Waals surface area contributed by atoms with Crippen LogP contribution in [-0.2, 0) is 33.3 Å². The molecule has 0 bridgehead atoms. The first-order chi connectivity index (χ1) is 13.2. The lowest BCUT2D eigenvalue weighted by atomic mass is 9.82. The fourth-order valence-corrected chi connectivity index (χ4v) is 6.12. The van der Waals surface area contributed by atoms with Gasteiger partial charge in [0.25, 0.3) is 0 Å². The number of rotatable bonds is 5. The van der Waals surface area contributed by atoms with Gasteiger partial charge in [0.05, 0.1) is 25.1 Å². The number of nitrogens with zero attached hydrogens (tertiary/aromatic N) is 3. The number of sulfone groups is 1. The summed E-state index contributed by atoms with van der Waals surface area (Å²) in [5.41, 5.74) is 2.53. The first-order valence-electron chi connectivity index (χ1n) is 9.90. The second kappa shape index (κ2) is 7.55. The molecule has 2 aromatic heterocycles. The summed E-state index contributed by atoms with van der Waals surface area (Å²) in [5.74, 6) is 0.611. The third kappa shape index (κ3) is 4.20. The van der Waals surface area contributed by atoms with Crippen molar-refractivity contribution in [3.05, 3.63) is 39.3 Å². The van der Waals surface area contributed by atoms with Gasteiger partial charge in [-0.1, -0.05) is 6.92 Å². The Kier molecular flexibility index (Phi) is 5.41. The summed E-state index contributed by atoms with van der Waals surface area (Å²) in [6.07, 6.45) is 7.13. The summed E-state index contributed by atoms with van der Waals surface area (Å²) in [6, 6.07) is 2.35. The van der Waals surface area contributed by atoms with Gasteiger partial charge >= 0.3 is 0 Å². The Labute approximate surface area is 171 Å². The number of likely N-dealkylation sites (tertiary alicyclic amines) is 1. The van der Waals surface area contributed by atoms with Crippen molar-refractivity contribution in [2.75, 3.05) is 31.7 Å². The fraction of sp³-hybridized carbons (Fsp3) is 0.650. The number of hydrogen-bond acceptors (Lipinski definition) is 6. The van der Waals surface area contributed by atoms with E-state index < -0.39 is 9.84 Å². The largest absolute Gasteiger partial charge is 0.369 e. The van der Waals surface area contributed by atoms with Gasteiger partial charge in [0.2, 0.25) is 0 Å². The molecule has 0 aromatic carbocycles. The minimum atomic E-state index is -2.97. The van der Waals surface area contributed by atoms with Crippen LogP contribution in [0.2, 0.25) is 0 Å². The summed E-state index contributed by atoms with van der Waals surface area (Å²) in [5, 5.41) is 4.31. The molecule has 0 radical (unpaired) electrons. The Morgan fingerprint density at radius 1 is 1.36 bits per heavy atom. The second-order valence-corrected chi connectivity index (χ2v) is 11.9. The van der Waals surface area contributed by atoms with Crippen molar-refractivity contribution in [2.45, 2.75) is 51.3 Å². The summed E-state index contributed by atoms with van der Waals surface area (Å²) < 4.78 is 30.8. The number of piperidine rings is 1. The number of aryl methyl sites for hydroxylation is 2. The minimum Gasteiger partial charge on any atom is -0.369 e. The van der Waals surface area contributed by atoms with E-state index in [-0.39, 0.29) is 11.4 Å². The predicted octanol–water partition coefficient (Wildman–Crippen LogP) is 2.92. The van der Waals surface area contributed by atoms with E-state index in [1.54, 1.807) is 4.68 Å². The van der Waals surface area contributed by atoms with E-state index in [9.17, 15) is 8.42 Å². The molecular weight excluding hydrogens is 394 g/mol. The van der Waals surface area contributed by atoms with Crippen molar-refractivity contribution in [2.24, 2.45) is 0 Å². The van der Waals surface area contributed by atoms with Crippen LogP contribution in [0.3, 0.4) is 0 Å². The van der Waals surface area contributed by atoms with Gasteiger partial charge in [-0.15, -0.1) is 11.3 Å². The van der Waals surface area contributed by atoms with Crippen LogP contribution >= 0.6 is 11.3 Å². The normalized spacial score (nSPS) is 22.5. The molecule has 28 heavy (non-hydrogen) atoms. The van der Waals surface area contributed by atoms with Crippen LogP contribution in [0.15, 0.2) is 18.5 Å². The van der Waals surface area contributed by atoms with Gasteiger partial charge < -0.3 is 4.74 Å². The average molecular weight is 424 g/mol. The molecule has 1 saturated heterocycles. The highest BCUT2D eigenvalue weighted by atomic mass is 32.2. The van der Waals surface area contributed by atoms with E-state index in [4.69, 9.17) is 4.74 Å². The quantitative estimate of drug-likeness (QED) is 0.740. The number of hydrogen-bond donors (Lipinski definition) is 0. The van der Waals surface area contributed by atoms with Gasteiger partial charge in [0.1, 0.15) is 15.4 Å².